The SMILES string of the molecule is O=[C]c1ncc2ccc(Sc3ccccn3)cc2c1O. The minimum Gasteiger partial charge on any atom is -0.505 e. The number of pyridine rings is 2. The van der Waals surface area contributed by atoms with Crippen molar-refractivity contribution in [1.29, 1.82) is 0 Å². The van der Waals surface area contributed by atoms with Gasteiger partial charge in [-0.15, -0.1) is 0 Å². The highest BCUT2D eigenvalue weighted by atomic mass is 32.2. The molecule has 1 aromatic carbocycles. The molecule has 0 aliphatic carbocycles. The van der Waals surface area contributed by atoms with Gasteiger partial charge in [-0.1, -0.05) is 23.9 Å². The van der Waals surface area contributed by atoms with E-state index in [-0.39, 0.29) is 11.4 Å². The van der Waals surface area contributed by atoms with E-state index in [9.17, 15) is 9.90 Å². The van der Waals surface area contributed by atoms with Crippen LogP contribution in [-0.2, 0) is 4.79 Å². The zero-order chi connectivity index (χ0) is 13.9. The van der Waals surface area contributed by atoms with Gasteiger partial charge in [0.25, 0.3) is 6.29 Å². The van der Waals surface area contributed by atoms with Crippen molar-refractivity contribution in [1.82, 2.24) is 9.97 Å². The number of hydrogen-bond acceptors (Lipinski definition) is 5. The number of rotatable bonds is 3. The van der Waals surface area contributed by atoms with Gasteiger partial charge in [0.2, 0.25) is 0 Å². The lowest BCUT2D eigenvalue weighted by atomic mass is 10.1. The summed E-state index contributed by atoms with van der Waals surface area (Å²) in [5.74, 6) is -0.138. The van der Waals surface area contributed by atoms with Gasteiger partial charge < -0.3 is 5.11 Å². The lowest BCUT2D eigenvalue weighted by Crippen LogP contribution is -1.89. The molecule has 20 heavy (non-hydrogen) atoms. The maximum Gasteiger partial charge on any atom is 0.257 e. The Hall–Kier alpha value is -2.40. The average Bonchev–Trinajstić information content (AvgIpc) is 2.49. The van der Waals surface area contributed by atoms with E-state index in [2.05, 4.69) is 9.97 Å². The molecule has 0 bridgehead atoms. The summed E-state index contributed by atoms with van der Waals surface area (Å²) in [5.41, 5.74) is -0.0718. The van der Waals surface area contributed by atoms with Gasteiger partial charge in [-0.05, 0) is 24.3 Å². The number of fused-ring (bicyclic) bond motifs is 1. The van der Waals surface area contributed by atoms with E-state index in [1.807, 2.05) is 36.4 Å². The molecule has 0 fully saturated rings. The van der Waals surface area contributed by atoms with Crippen molar-refractivity contribution in [3.05, 3.63) is 54.5 Å². The first-order chi connectivity index (χ1) is 9.78. The van der Waals surface area contributed by atoms with Gasteiger partial charge in [-0.3, -0.25) is 4.79 Å². The summed E-state index contributed by atoms with van der Waals surface area (Å²) in [5, 5.41) is 12.2. The molecule has 0 spiro atoms. The molecule has 0 amide bonds. The third-order valence-corrected chi connectivity index (χ3v) is 3.73. The third-order valence-electron chi connectivity index (χ3n) is 2.79. The van der Waals surface area contributed by atoms with Crippen LogP contribution in [0.2, 0.25) is 0 Å². The van der Waals surface area contributed by atoms with E-state index < -0.39 is 0 Å². The molecule has 2 aromatic heterocycles. The maximum absolute atomic E-state index is 10.7. The Morgan fingerprint density at radius 1 is 1.15 bits per heavy atom. The van der Waals surface area contributed by atoms with Crippen LogP contribution in [0.1, 0.15) is 5.69 Å². The van der Waals surface area contributed by atoms with E-state index in [4.69, 9.17) is 0 Å². The Kier molecular flexibility index (Phi) is 3.35. The molecule has 0 atom stereocenters. The molecule has 5 heteroatoms. The molecule has 1 radical (unpaired) electrons. The highest BCUT2D eigenvalue weighted by Gasteiger charge is 2.09. The Labute approximate surface area is 119 Å². The molecule has 3 rings (SSSR count). The van der Waals surface area contributed by atoms with Gasteiger partial charge >= 0.3 is 0 Å². The maximum atomic E-state index is 10.7. The van der Waals surface area contributed by atoms with Crippen LogP contribution in [0.15, 0.2) is 58.7 Å². The average molecular weight is 281 g/mol. The van der Waals surface area contributed by atoms with Crippen molar-refractivity contribution in [2.24, 2.45) is 0 Å². The van der Waals surface area contributed by atoms with Gasteiger partial charge in [0.05, 0.1) is 0 Å². The van der Waals surface area contributed by atoms with Crippen LogP contribution in [0.25, 0.3) is 10.8 Å². The fraction of sp³-hybridized carbons (Fsp3) is 0. The molecule has 97 valence electrons. The van der Waals surface area contributed by atoms with E-state index >= 15 is 0 Å². The summed E-state index contributed by atoms with van der Waals surface area (Å²) in [4.78, 5) is 19.7. The number of nitrogens with zero attached hydrogens (tertiary/aromatic N) is 2. The molecule has 4 nitrogen and oxygen atoms in total. The van der Waals surface area contributed by atoms with Crippen LogP contribution >= 0.6 is 11.8 Å². The minimum atomic E-state index is -0.138. The largest absolute Gasteiger partial charge is 0.505 e. The molecule has 2 heterocycles. The molecule has 3 aromatic rings. The Morgan fingerprint density at radius 3 is 2.80 bits per heavy atom. The molecule has 0 aliphatic rings. The van der Waals surface area contributed by atoms with Crippen LogP contribution < -0.4 is 0 Å². The topological polar surface area (TPSA) is 63.1 Å². The zero-order valence-electron chi connectivity index (χ0n) is 10.3. The van der Waals surface area contributed by atoms with E-state index in [1.165, 1.54) is 11.8 Å². The molecule has 1 N–H and O–H groups in total. The van der Waals surface area contributed by atoms with Crippen LogP contribution in [0, 0.1) is 0 Å². The molecular weight excluding hydrogens is 272 g/mol. The van der Waals surface area contributed by atoms with Crippen molar-refractivity contribution < 1.29 is 9.90 Å². The Balaban J connectivity index is 2.05. The van der Waals surface area contributed by atoms with Crippen LogP contribution in [0.5, 0.6) is 5.75 Å². The van der Waals surface area contributed by atoms with Gasteiger partial charge in [0.15, 0.2) is 11.4 Å². The first kappa shape index (κ1) is 12.6. The Morgan fingerprint density at radius 2 is 2.05 bits per heavy atom. The minimum absolute atomic E-state index is 0.0718. The summed E-state index contributed by atoms with van der Waals surface area (Å²) in [7, 11) is 0. The standard InChI is InChI=1S/C15H9N2O2S/c18-9-13-15(19)12-7-11(5-4-10(12)8-17-13)20-14-3-1-2-6-16-14/h1-8,19H. The summed E-state index contributed by atoms with van der Waals surface area (Å²) < 4.78 is 0. The second-order valence-corrected chi connectivity index (χ2v) is 5.17. The fourth-order valence-corrected chi connectivity index (χ4v) is 2.66. The first-order valence-corrected chi connectivity index (χ1v) is 6.68. The second kappa shape index (κ2) is 5.30. The third kappa shape index (κ3) is 2.35. The number of benzene rings is 1. The van der Waals surface area contributed by atoms with E-state index in [0.717, 1.165) is 15.3 Å². The predicted octanol–water partition coefficient (Wildman–Crippen LogP) is 2.94. The monoisotopic (exact) mass is 281 g/mol. The summed E-state index contributed by atoms with van der Waals surface area (Å²) in [6.45, 7) is 0. The predicted molar refractivity (Wildman–Crippen MR) is 76.6 cm³/mol. The highest BCUT2D eigenvalue weighted by molar-refractivity contribution is 7.99. The normalized spacial score (nSPS) is 10.6. The lowest BCUT2D eigenvalue weighted by molar-refractivity contribution is 0.475. The molecule has 0 unspecified atom stereocenters. The number of aromatic nitrogens is 2. The molecular formula is C15H9N2O2S. The van der Waals surface area contributed by atoms with Gasteiger partial charge in [0, 0.05) is 28.1 Å². The van der Waals surface area contributed by atoms with E-state index in [1.54, 1.807) is 18.7 Å². The quantitative estimate of drug-likeness (QED) is 0.799. The van der Waals surface area contributed by atoms with E-state index in [0.29, 0.717) is 5.39 Å². The molecule has 0 aliphatic heterocycles. The van der Waals surface area contributed by atoms with Gasteiger partial charge in [-0.25, -0.2) is 9.97 Å². The number of hydrogen-bond donors (Lipinski definition) is 1. The summed E-state index contributed by atoms with van der Waals surface area (Å²) in [6.07, 6.45) is 4.90. The van der Waals surface area contributed by atoms with Crippen molar-refractivity contribution in [3.63, 3.8) is 0 Å². The summed E-state index contributed by atoms with van der Waals surface area (Å²) in [6, 6.07) is 11.3. The lowest BCUT2D eigenvalue weighted by Gasteiger charge is -2.05. The first-order valence-electron chi connectivity index (χ1n) is 5.86. The van der Waals surface area contributed by atoms with Crippen LogP contribution in [0.3, 0.4) is 0 Å². The zero-order valence-corrected chi connectivity index (χ0v) is 11.1. The second-order valence-electron chi connectivity index (χ2n) is 4.08. The number of carbonyl (C=O) groups excluding carboxylic acids is 1. The smallest absolute Gasteiger partial charge is 0.257 e. The fourth-order valence-electron chi connectivity index (χ4n) is 1.84. The Bertz CT molecular complexity index is 775. The van der Waals surface area contributed by atoms with Crippen molar-refractivity contribution >= 4 is 28.8 Å². The van der Waals surface area contributed by atoms with Gasteiger partial charge in [0.1, 0.15) is 5.03 Å². The van der Waals surface area contributed by atoms with Crippen molar-refractivity contribution in [2.75, 3.05) is 0 Å². The number of aromatic hydroxyl groups is 1. The van der Waals surface area contributed by atoms with Crippen molar-refractivity contribution in [2.45, 2.75) is 9.92 Å². The molecule has 0 saturated heterocycles. The van der Waals surface area contributed by atoms with Crippen LogP contribution in [-0.4, -0.2) is 21.4 Å². The van der Waals surface area contributed by atoms with Crippen LogP contribution in [0.4, 0.5) is 0 Å². The van der Waals surface area contributed by atoms with Crippen molar-refractivity contribution in [3.8, 4) is 5.75 Å². The molecule has 0 saturated carbocycles. The highest BCUT2D eigenvalue weighted by Crippen LogP contribution is 2.32. The summed E-state index contributed by atoms with van der Waals surface area (Å²) >= 11 is 1.48. The van der Waals surface area contributed by atoms with Gasteiger partial charge in [-0.2, -0.15) is 0 Å².